The van der Waals surface area contributed by atoms with Gasteiger partial charge in [-0.25, -0.2) is 0 Å². The molecule has 0 bridgehead atoms. The Hall–Kier alpha value is -1.44. The van der Waals surface area contributed by atoms with Crippen LogP contribution >= 0.6 is 0 Å². The van der Waals surface area contributed by atoms with Gasteiger partial charge in [-0.1, -0.05) is 38.7 Å². The summed E-state index contributed by atoms with van der Waals surface area (Å²) in [5, 5.41) is 29.8. The summed E-state index contributed by atoms with van der Waals surface area (Å²) >= 11 is 0. The molecule has 7 nitrogen and oxygen atoms in total. The molecule has 0 fully saturated rings. The normalized spacial score (nSPS) is 28.3. The lowest BCUT2D eigenvalue weighted by atomic mass is 9.99. The van der Waals surface area contributed by atoms with Crippen molar-refractivity contribution in [3.05, 3.63) is 12.2 Å². The van der Waals surface area contributed by atoms with Gasteiger partial charge >= 0.3 is 11.9 Å². The molecule has 162 valence electrons. The van der Waals surface area contributed by atoms with Gasteiger partial charge in [0, 0.05) is 6.42 Å². The maximum Gasteiger partial charge on any atom is 0.311 e. The number of cyclic esters (lactones) is 1. The van der Waals surface area contributed by atoms with Crippen molar-refractivity contribution in [1.29, 1.82) is 0 Å². The fourth-order valence-electron chi connectivity index (χ4n) is 2.98. The number of ether oxygens (including phenoxy) is 2. The Morgan fingerprint density at radius 2 is 1.89 bits per heavy atom. The average molecular weight is 401 g/mol. The smallest absolute Gasteiger partial charge is 0.311 e. The van der Waals surface area contributed by atoms with Gasteiger partial charge in [0.05, 0.1) is 30.7 Å². The summed E-state index contributed by atoms with van der Waals surface area (Å²) in [5.41, 5.74) is 0. The lowest BCUT2D eigenvalue weighted by Gasteiger charge is -2.26. The lowest BCUT2D eigenvalue weighted by Crippen LogP contribution is -2.35. The summed E-state index contributed by atoms with van der Waals surface area (Å²) in [4.78, 5) is 24.4. The Balaban J connectivity index is 2.73. The van der Waals surface area contributed by atoms with E-state index in [0.29, 0.717) is 6.42 Å². The van der Waals surface area contributed by atoms with Crippen molar-refractivity contribution < 1.29 is 34.4 Å². The summed E-state index contributed by atoms with van der Waals surface area (Å²) in [6.07, 6.45) is 4.13. The highest BCUT2D eigenvalue weighted by molar-refractivity contribution is 5.75. The summed E-state index contributed by atoms with van der Waals surface area (Å²) in [7, 11) is 0. The van der Waals surface area contributed by atoms with Gasteiger partial charge in [-0.3, -0.25) is 9.59 Å². The van der Waals surface area contributed by atoms with Gasteiger partial charge in [-0.2, -0.15) is 0 Å². The van der Waals surface area contributed by atoms with Gasteiger partial charge in [0.15, 0.2) is 0 Å². The molecule has 0 aromatic heterocycles. The molecule has 1 rings (SSSR count). The van der Waals surface area contributed by atoms with Crippen LogP contribution in [0.2, 0.25) is 0 Å². The van der Waals surface area contributed by atoms with Crippen molar-refractivity contribution >= 4 is 11.9 Å². The van der Waals surface area contributed by atoms with Crippen LogP contribution in [0.25, 0.3) is 0 Å². The zero-order chi connectivity index (χ0) is 21.1. The number of esters is 2. The second kappa shape index (κ2) is 12.9. The largest absolute Gasteiger partial charge is 0.462 e. The van der Waals surface area contributed by atoms with Gasteiger partial charge in [0.2, 0.25) is 0 Å². The van der Waals surface area contributed by atoms with Gasteiger partial charge in [0.1, 0.15) is 12.2 Å². The van der Waals surface area contributed by atoms with Crippen LogP contribution in [-0.4, -0.2) is 57.8 Å². The first kappa shape index (κ1) is 24.6. The van der Waals surface area contributed by atoms with E-state index in [-0.39, 0.29) is 12.8 Å². The van der Waals surface area contributed by atoms with Crippen molar-refractivity contribution in [1.82, 2.24) is 0 Å². The summed E-state index contributed by atoms with van der Waals surface area (Å²) < 4.78 is 10.8. The number of carbonyl (C=O) groups is 2. The quantitative estimate of drug-likeness (QED) is 0.309. The number of aliphatic hydroxyl groups is 3. The van der Waals surface area contributed by atoms with Gasteiger partial charge in [-0.15, -0.1) is 0 Å². The van der Waals surface area contributed by atoms with Crippen molar-refractivity contribution in [3.63, 3.8) is 0 Å². The van der Waals surface area contributed by atoms with Crippen LogP contribution in [0.5, 0.6) is 0 Å². The zero-order valence-electron chi connectivity index (χ0n) is 17.3. The van der Waals surface area contributed by atoms with E-state index in [2.05, 4.69) is 6.92 Å². The number of unbranched alkanes of at least 4 members (excludes halogenated alkanes) is 4. The predicted octanol–water partition coefficient (Wildman–Crippen LogP) is 2.26. The molecule has 0 amide bonds. The van der Waals surface area contributed by atoms with E-state index in [1.54, 1.807) is 0 Å². The van der Waals surface area contributed by atoms with Crippen LogP contribution in [0.3, 0.4) is 0 Å². The Bertz CT molecular complexity index is 503. The molecular weight excluding hydrogens is 364 g/mol. The Morgan fingerprint density at radius 1 is 1.21 bits per heavy atom. The highest BCUT2D eigenvalue weighted by atomic mass is 16.6. The van der Waals surface area contributed by atoms with E-state index in [0.717, 1.165) is 32.1 Å². The third kappa shape index (κ3) is 9.17. The molecule has 1 heterocycles. The monoisotopic (exact) mass is 400 g/mol. The predicted molar refractivity (Wildman–Crippen MR) is 104 cm³/mol. The summed E-state index contributed by atoms with van der Waals surface area (Å²) in [6.45, 7) is 5.15. The van der Waals surface area contributed by atoms with E-state index in [9.17, 15) is 24.9 Å². The van der Waals surface area contributed by atoms with E-state index < -0.39 is 48.4 Å². The number of hydrogen-bond acceptors (Lipinski definition) is 7. The molecule has 0 saturated heterocycles. The van der Waals surface area contributed by atoms with Crippen LogP contribution in [0.15, 0.2) is 12.2 Å². The second-order valence-electron chi connectivity index (χ2n) is 7.70. The van der Waals surface area contributed by atoms with Crippen LogP contribution in [0.4, 0.5) is 0 Å². The number of hydrogen-bond donors (Lipinski definition) is 3. The molecule has 6 unspecified atom stereocenters. The molecule has 0 aliphatic carbocycles. The molecule has 0 saturated carbocycles. The van der Waals surface area contributed by atoms with Crippen LogP contribution in [0, 0.1) is 5.92 Å². The van der Waals surface area contributed by atoms with Crippen LogP contribution < -0.4 is 0 Å². The van der Waals surface area contributed by atoms with Crippen LogP contribution in [0.1, 0.15) is 72.1 Å². The maximum absolute atomic E-state index is 12.3. The molecule has 1 aliphatic heterocycles. The minimum atomic E-state index is -1.14. The van der Waals surface area contributed by atoms with Crippen molar-refractivity contribution in [3.8, 4) is 0 Å². The van der Waals surface area contributed by atoms with E-state index in [1.807, 2.05) is 0 Å². The molecule has 28 heavy (non-hydrogen) atoms. The third-order valence-electron chi connectivity index (χ3n) is 5.08. The first-order chi connectivity index (χ1) is 13.2. The van der Waals surface area contributed by atoms with Crippen molar-refractivity contribution in [2.45, 2.75) is 103 Å². The number of aliphatic hydroxyl groups excluding tert-OH is 3. The molecule has 3 N–H and O–H groups in total. The minimum Gasteiger partial charge on any atom is -0.462 e. The first-order valence-corrected chi connectivity index (χ1v) is 10.4. The lowest BCUT2D eigenvalue weighted by molar-refractivity contribution is -0.161. The molecular formula is C21H36O7. The van der Waals surface area contributed by atoms with Gasteiger partial charge < -0.3 is 24.8 Å². The van der Waals surface area contributed by atoms with Crippen molar-refractivity contribution in [2.75, 3.05) is 0 Å². The molecule has 0 radical (unpaired) electrons. The summed E-state index contributed by atoms with van der Waals surface area (Å²) in [6, 6.07) is 0. The Labute approximate surface area is 167 Å². The maximum atomic E-state index is 12.3. The third-order valence-corrected chi connectivity index (χ3v) is 5.08. The zero-order valence-corrected chi connectivity index (χ0v) is 17.3. The van der Waals surface area contributed by atoms with Gasteiger partial charge in [-0.05, 0) is 32.8 Å². The van der Waals surface area contributed by atoms with E-state index in [1.165, 1.54) is 26.0 Å². The highest BCUT2D eigenvalue weighted by Gasteiger charge is 2.28. The van der Waals surface area contributed by atoms with E-state index >= 15 is 0 Å². The summed E-state index contributed by atoms with van der Waals surface area (Å²) in [5.74, 6) is -1.91. The Morgan fingerprint density at radius 3 is 2.54 bits per heavy atom. The van der Waals surface area contributed by atoms with Crippen LogP contribution in [-0.2, 0) is 19.1 Å². The molecule has 0 aromatic carbocycles. The minimum absolute atomic E-state index is 0.161. The Kier molecular flexibility index (Phi) is 11.3. The second-order valence-corrected chi connectivity index (χ2v) is 7.70. The topological polar surface area (TPSA) is 113 Å². The fourth-order valence-corrected chi connectivity index (χ4v) is 2.98. The standard InChI is InChI=1S/C21H36O7/c1-4-5-6-7-8-9-16-12-19(24)18(23)11-10-17(13-20(25)27-16)28-21(26)14(2)15(3)22/h10-11,14-19,22-24H,4-9,12-13H2,1-3H3. The molecule has 0 spiro atoms. The molecule has 6 atom stereocenters. The SMILES string of the molecule is CCCCCCCC1CC(O)C(O)C=CC(OC(=O)C(C)C(C)O)CC(=O)O1. The first-order valence-electron chi connectivity index (χ1n) is 10.4. The van der Waals surface area contributed by atoms with E-state index in [4.69, 9.17) is 9.47 Å². The fraction of sp³-hybridized carbons (Fsp3) is 0.810. The molecule has 1 aliphatic rings. The number of rotatable bonds is 9. The average Bonchev–Trinajstić information content (AvgIpc) is 2.63. The molecule has 7 heteroatoms. The van der Waals surface area contributed by atoms with Gasteiger partial charge in [0.25, 0.3) is 0 Å². The highest BCUT2D eigenvalue weighted by Crippen LogP contribution is 2.19. The molecule has 0 aromatic rings. The number of carbonyl (C=O) groups excluding carboxylic acids is 2. The van der Waals surface area contributed by atoms with Crippen molar-refractivity contribution in [2.24, 2.45) is 5.92 Å².